The van der Waals surface area contributed by atoms with Gasteiger partial charge in [0.2, 0.25) is 0 Å². The molecule has 0 saturated carbocycles. The SMILES string of the molecule is CN1CCN(C(=O)c2cccc(OC[C@H]3CCCO3)c2)[C@@H](c2ccccc2)C1. The molecular formula is C23H28N2O3. The van der Waals surface area contributed by atoms with Crippen LogP contribution < -0.4 is 4.74 Å². The number of piperazine rings is 1. The molecule has 2 fully saturated rings. The van der Waals surface area contributed by atoms with Crippen LogP contribution in [0.25, 0.3) is 0 Å². The number of carbonyl (C=O) groups excluding carboxylic acids is 1. The first-order valence-electron chi connectivity index (χ1n) is 10.1. The van der Waals surface area contributed by atoms with Gasteiger partial charge in [-0.25, -0.2) is 0 Å². The molecule has 1 amide bonds. The molecule has 2 aliphatic heterocycles. The average molecular weight is 380 g/mol. The second-order valence-electron chi connectivity index (χ2n) is 7.66. The zero-order valence-electron chi connectivity index (χ0n) is 16.4. The van der Waals surface area contributed by atoms with Crippen LogP contribution in [0.4, 0.5) is 0 Å². The highest BCUT2D eigenvalue weighted by atomic mass is 16.5. The number of likely N-dealkylation sites (N-methyl/N-ethyl adjacent to an activating group) is 1. The molecule has 2 aromatic rings. The van der Waals surface area contributed by atoms with Gasteiger partial charge >= 0.3 is 0 Å². The van der Waals surface area contributed by atoms with Gasteiger partial charge in [0.15, 0.2) is 0 Å². The summed E-state index contributed by atoms with van der Waals surface area (Å²) in [6, 6.07) is 17.9. The summed E-state index contributed by atoms with van der Waals surface area (Å²) in [6.07, 6.45) is 2.30. The van der Waals surface area contributed by atoms with Gasteiger partial charge in [-0.3, -0.25) is 4.79 Å². The van der Waals surface area contributed by atoms with E-state index < -0.39 is 0 Å². The van der Waals surface area contributed by atoms with E-state index in [0.717, 1.165) is 44.8 Å². The molecule has 0 spiro atoms. The molecule has 0 N–H and O–H groups in total. The second-order valence-corrected chi connectivity index (χ2v) is 7.66. The number of ether oxygens (including phenoxy) is 2. The molecule has 0 bridgehead atoms. The van der Waals surface area contributed by atoms with Crippen molar-refractivity contribution in [2.24, 2.45) is 0 Å². The van der Waals surface area contributed by atoms with Crippen molar-refractivity contribution < 1.29 is 14.3 Å². The van der Waals surface area contributed by atoms with Crippen molar-refractivity contribution in [3.8, 4) is 5.75 Å². The minimum atomic E-state index is 0.0592. The van der Waals surface area contributed by atoms with Gasteiger partial charge in [-0.15, -0.1) is 0 Å². The van der Waals surface area contributed by atoms with Crippen molar-refractivity contribution in [1.82, 2.24) is 9.80 Å². The third-order valence-corrected chi connectivity index (χ3v) is 5.57. The fourth-order valence-electron chi connectivity index (χ4n) is 3.97. The lowest BCUT2D eigenvalue weighted by atomic mass is 10.0. The first kappa shape index (κ1) is 19.0. The maximum absolute atomic E-state index is 13.3. The first-order valence-corrected chi connectivity index (χ1v) is 10.1. The van der Waals surface area contributed by atoms with Gasteiger partial charge in [0.05, 0.1) is 12.1 Å². The lowest BCUT2D eigenvalue weighted by molar-refractivity contribution is 0.0497. The van der Waals surface area contributed by atoms with E-state index in [1.807, 2.05) is 47.4 Å². The Kier molecular flexibility index (Phi) is 5.93. The molecule has 2 atom stereocenters. The van der Waals surface area contributed by atoms with E-state index in [-0.39, 0.29) is 18.1 Å². The molecule has 2 saturated heterocycles. The molecule has 0 aromatic heterocycles. The Morgan fingerprint density at radius 3 is 2.79 bits per heavy atom. The Morgan fingerprint density at radius 2 is 2.00 bits per heavy atom. The maximum Gasteiger partial charge on any atom is 0.254 e. The maximum atomic E-state index is 13.3. The summed E-state index contributed by atoms with van der Waals surface area (Å²) in [6.45, 7) is 3.79. The summed E-state index contributed by atoms with van der Waals surface area (Å²) in [4.78, 5) is 17.6. The van der Waals surface area contributed by atoms with Crippen molar-refractivity contribution >= 4 is 5.91 Å². The second kappa shape index (κ2) is 8.76. The molecule has 0 unspecified atom stereocenters. The van der Waals surface area contributed by atoms with Crippen molar-refractivity contribution in [3.63, 3.8) is 0 Å². The van der Waals surface area contributed by atoms with Crippen LogP contribution in [-0.2, 0) is 4.74 Å². The third-order valence-electron chi connectivity index (χ3n) is 5.57. The highest BCUT2D eigenvalue weighted by Gasteiger charge is 2.31. The van der Waals surface area contributed by atoms with E-state index in [2.05, 4.69) is 24.1 Å². The molecule has 5 nitrogen and oxygen atoms in total. The fourth-order valence-corrected chi connectivity index (χ4v) is 3.97. The topological polar surface area (TPSA) is 42.0 Å². The van der Waals surface area contributed by atoms with Gasteiger partial charge in [0.1, 0.15) is 12.4 Å². The van der Waals surface area contributed by atoms with Gasteiger partial charge < -0.3 is 19.3 Å². The van der Waals surface area contributed by atoms with Crippen molar-refractivity contribution in [2.45, 2.75) is 25.0 Å². The number of carbonyl (C=O) groups is 1. The number of benzene rings is 2. The standard InChI is InChI=1S/C23H28N2O3/c1-24-12-13-25(22(16-24)18-7-3-2-4-8-18)23(26)19-9-5-10-20(15-19)28-17-21-11-6-14-27-21/h2-5,7-10,15,21-22H,6,11-14,16-17H2,1H3/t21-,22-/m1/s1. The minimum absolute atomic E-state index is 0.0592. The van der Waals surface area contributed by atoms with Crippen LogP contribution >= 0.6 is 0 Å². The van der Waals surface area contributed by atoms with Crippen LogP contribution in [0.1, 0.15) is 34.8 Å². The summed E-state index contributed by atoms with van der Waals surface area (Å²) in [7, 11) is 2.11. The summed E-state index contributed by atoms with van der Waals surface area (Å²) in [5, 5.41) is 0. The predicted molar refractivity (Wildman–Crippen MR) is 109 cm³/mol. The van der Waals surface area contributed by atoms with Gasteiger partial charge in [-0.1, -0.05) is 36.4 Å². The monoisotopic (exact) mass is 380 g/mol. The van der Waals surface area contributed by atoms with Gasteiger partial charge in [-0.2, -0.15) is 0 Å². The number of hydrogen-bond acceptors (Lipinski definition) is 4. The largest absolute Gasteiger partial charge is 0.491 e. The Morgan fingerprint density at radius 1 is 1.14 bits per heavy atom. The van der Waals surface area contributed by atoms with Crippen LogP contribution in [0, 0.1) is 0 Å². The molecular weight excluding hydrogens is 352 g/mol. The zero-order valence-corrected chi connectivity index (χ0v) is 16.4. The van der Waals surface area contributed by atoms with Gasteiger partial charge in [0, 0.05) is 31.8 Å². The quantitative estimate of drug-likeness (QED) is 0.798. The fraction of sp³-hybridized carbons (Fsp3) is 0.435. The third kappa shape index (κ3) is 4.37. The Bertz CT molecular complexity index is 789. The smallest absolute Gasteiger partial charge is 0.254 e. The van der Waals surface area contributed by atoms with Crippen molar-refractivity contribution in [3.05, 3.63) is 65.7 Å². The van der Waals surface area contributed by atoms with Crippen LogP contribution in [-0.4, -0.2) is 61.7 Å². The molecule has 148 valence electrons. The predicted octanol–water partition coefficient (Wildman–Crippen LogP) is 3.37. The van der Waals surface area contributed by atoms with E-state index in [4.69, 9.17) is 9.47 Å². The van der Waals surface area contributed by atoms with E-state index in [1.165, 1.54) is 5.56 Å². The normalized spacial score (nSPS) is 23.0. The van der Waals surface area contributed by atoms with E-state index in [9.17, 15) is 4.79 Å². The Labute approximate surface area is 166 Å². The van der Waals surface area contributed by atoms with Crippen LogP contribution in [0.5, 0.6) is 5.75 Å². The molecule has 4 rings (SSSR count). The van der Waals surface area contributed by atoms with Gasteiger partial charge in [0.25, 0.3) is 5.91 Å². The highest BCUT2D eigenvalue weighted by molar-refractivity contribution is 5.95. The summed E-state index contributed by atoms with van der Waals surface area (Å²) < 4.78 is 11.5. The molecule has 5 heteroatoms. The lowest BCUT2D eigenvalue weighted by Gasteiger charge is -2.40. The summed E-state index contributed by atoms with van der Waals surface area (Å²) in [5.74, 6) is 0.788. The molecule has 2 aliphatic rings. The minimum Gasteiger partial charge on any atom is -0.491 e. The molecule has 2 aromatic carbocycles. The van der Waals surface area contributed by atoms with E-state index >= 15 is 0 Å². The van der Waals surface area contributed by atoms with E-state index in [0.29, 0.717) is 12.2 Å². The lowest BCUT2D eigenvalue weighted by Crippen LogP contribution is -2.49. The number of rotatable bonds is 5. The van der Waals surface area contributed by atoms with Crippen LogP contribution in [0.3, 0.4) is 0 Å². The average Bonchev–Trinajstić information content (AvgIpc) is 3.26. The van der Waals surface area contributed by atoms with Gasteiger partial charge in [-0.05, 0) is 43.7 Å². The summed E-state index contributed by atoms with van der Waals surface area (Å²) >= 11 is 0. The molecule has 0 aliphatic carbocycles. The highest BCUT2D eigenvalue weighted by Crippen LogP contribution is 2.27. The van der Waals surface area contributed by atoms with E-state index in [1.54, 1.807) is 0 Å². The Balaban J connectivity index is 1.49. The number of amides is 1. The molecule has 28 heavy (non-hydrogen) atoms. The van der Waals surface area contributed by atoms with Crippen LogP contribution in [0.15, 0.2) is 54.6 Å². The molecule has 0 radical (unpaired) electrons. The number of nitrogens with zero attached hydrogens (tertiary/aromatic N) is 2. The Hall–Kier alpha value is -2.37. The van der Waals surface area contributed by atoms with Crippen molar-refractivity contribution in [2.75, 3.05) is 39.9 Å². The van der Waals surface area contributed by atoms with Crippen molar-refractivity contribution in [1.29, 1.82) is 0 Å². The number of hydrogen-bond donors (Lipinski definition) is 0. The summed E-state index contributed by atoms with van der Waals surface area (Å²) in [5.41, 5.74) is 1.85. The molecule has 2 heterocycles. The zero-order chi connectivity index (χ0) is 19.3. The van der Waals surface area contributed by atoms with Crippen LogP contribution in [0.2, 0.25) is 0 Å². The first-order chi connectivity index (χ1) is 13.7.